The molecule has 0 bridgehead atoms. The fraction of sp³-hybridized carbons (Fsp3) is 0.308. The largest absolute Gasteiger partial charge is 0.493 e. The highest BCUT2D eigenvalue weighted by molar-refractivity contribution is 5.66. The lowest BCUT2D eigenvalue weighted by Crippen LogP contribution is -2.00. The Morgan fingerprint density at radius 1 is 1.41 bits per heavy atom. The predicted octanol–water partition coefficient (Wildman–Crippen LogP) is 2.32. The highest BCUT2D eigenvalue weighted by atomic mass is 16.5. The van der Waals surface area contributed by atoms with Gasteiger partial charge in [0, 0.05) is 6.92 Å². The second-order valence-electron chi connectivity index (χ2n) is 3.37. The van der Waals surface area contributed by atoms with Crippen LogP contribution < -0.4 is 9.47 Å². The average Bonchev–Trinajstić information content (AvgIpc) is 2.34. The molecule has 0 unspecified atom stereocenters. The van der Waals surface area contributed by atoms with Crippen molar-refractivity contribution in [2.45, 2.75) is 13.5 Å². The average molecular weight is 236 g/mol. The Morgan fingerprint density at radius 3 is 2.76 bits per heavy atom. The number of hydrogen-bond donors (Lipinski definition) is 0. The molecule has 0 aromatic heterocycles. The summed E-state index contributed by atoms with van der Waals surface area (Å²) in [6.45, 7) is 5.59. The molecule has 1 aromatic rings. The monoisotopic (exact) mass is 236 g/mol. The van der Waals surface area contributed by atoms with Gasteiger partial charge in [0.25, 0.3) is 0 Å². The number of benzene rings is 1. The molecule has 0 N–H and O–H groups in total. The second-order valence-corrected chi connectivity index (χ2v) is 3.37. The molecular weight excluding hydrogens is 220 g/mol. The molecule has 0 fully saturated rings. The summed E-state index contributed by atoms with van der Waals surface area (Å²) in [5.41, 5.74) is 0.850. The Morgan fingerprint density at radius 2 is 2.18 bits per heavy atom. The van der Waals surface area contributed by atoms with Gasteiger partial charge in [0.2, 0.25) is 0 Å². The number of hydrogen-bond acceptors (Lipinski definition) is 4. The van der Waals surface area contributed by atoms with Gasteiger partial charge in [-0.1, -0.05) is 18.7 Å². The molecule has 17 heavy (non-hydrogen) atoms. The fourth-order valence-electron chi connectivity index (χ4n) is 1.25. The van der Waals surface area contributed by atoms with Gasteiger partial charge in [0.05, 0.1) is 7.11 Å². The zero-order valence-corrected chi connectivity index (χ0v) is 10.1. The predicted molar refractivity (Wildman–Crippen MR) is 64.2 cm³/mol. The van der Waals surface area contributed by atoms with Gasteiger partial charge in [-0.2, -0.15) is 0 Å². The first kappa shape index (κ1) is 13.1. The highest BCUT2D eigenvalue weighted by Crippen LogP contribution is 2.28. The number of ether oxygens (including phenoxy) is 3. The third-order valence-corrected chi connectivity index (χ3v) is 2.03. The van der Waals surface area contributed by atoms with Crippen LogP contribution in [0, 0.1) is 0 Å². The van der Waals surface area contributed by atoms with Crippen LogP contribution in [0.15, 0.2) is 30.9 Å². The summed E-state index contributed by atoms with van der Waals surface area (Å²) in [5, 5.41) is 0. The molecule has 0 heterocycles. The molecule has 0 saturated heterocycles. The lowest BCUT2D eigenvalue weighted by atomic mass is 10.2. The molecule has 1 rings (SSSR count). The summed E-state index contributed by atoms with van der Waals surface area (Å²) in [7, 11) is 1.56. The Hall–Kier alpha value is -1.97. The molecule has 92 valence electrons. The molecule has 0 aliphatic heterocycles. The first-order chi connectivity index (χ1) is 8.17. The maximum Gasteiger partial charge on any atom is 0.302 e. The van der Waals surface area contributed by atoms with Crippen molar-refractivity contribution in [2.24, 2.45) is 0 Å². The van der Waals surface area contributed by atoms with Gasteiger partial charge in [-0.25, -0.2) is 0 Å². The number of methoxy groups -OCH3 is 1. The number of esters is 1. The van der Waals surface area contributed by atoms with Crippen LogP contribution in [0.4, 0.5) is 0 Å². The molecule has 0 spiro atoms. The summed E-state index contributed by atoms with van der Waals surface area (Å²) < 4.78 is 15.5. The SMILES string of the molecule is C=CCOc1ccc(COC(C)=O)cc1OC. The molecule has 0 atom stereocenters. The van der Waals surface area contributed by atoms with Crippen molar-refractivity contribution in [3.8, 4) is 11.5 Å². The van der Waals surface area contributed by atoms with Crippen molar-refractivity contribution in [2.75, 3.05) is 13.7 Å². The van der Waals surface area contributed by atoms with E-state index in [0.29, 0.717) is 18.1 Å². The third-order valence-electron chi connectivity index (χ3n) is 2.03. The molecule has 4 heteroatoms. The van der Waals surface area contributed by atoms with E-state index in [4.69, 9.17) is 14.2 Å². The van der Waals surface area contributed by atoms with Crippen LogP contribution in [-0.2, 0) is 16.1 Å². The third kappa shape index (κ3) is 4.18. The number of carbonyl (C=O) groups excluding carboxylic acids is 1. The molecule has 4 nitrogen and oxygen atoms in total. The topological polar surface area (TPSA) is 44.8 Å². The molecule has 0 aliphatic rings. The van der Waals surface area contributed by atoms with Crippen molar-refractivity contribution in [3.63, 3.8) is 0 Å². The summed E-state index contributed by atoms with van der Waals surface area (Å²) in [4.78, 5) is 10.7. The minimum Gasteiger partial charge on any atom is -0.493 e. The van der Waals surface area contributed by atoms with Gasteiger partial charge in [0.1, 0.15) is 13.2 Å². The van der Waals surface area contributed by atoms with Crippen molar-refractivity contribution in [1.29, 1.82) is 0 Å². The molecule has 1 aromatic carbocycles. The minimum atomic E-state index is -0.309. The summed E-state index contributed by atoms with van der Waals surface area (Å²) in [6, 6.07) is 5.38. The van der Waals surface area contributed by atoms with E-state index >= 15 is 0 Å². The van der Waals surface area contributed by atoms with Gasteiger partial charge in [-0.05, 0) is 17.7 Å². The normalized spacial score (nSPS) is 9.53. The van der Waals surface area contributed by atoms with Crippen LogP contribution in [0.3, 0.4) is 0 Å². The standard InChI is InChI=1S/C13H16O4/c1-4-7-16-12-6-5-11(8-13(12)15-3)9-17-10(2)14/h4-6,8H,1,7,9H2,2-3H3. The number of rotatable bonds is 6. The molecule has 0 radical (unpaired) electrons. The fourth-order valence-corrected chi connectivity index (χ4v) is 1.25. The number of carbonyl (C=O) groups is 1. The van der Waals surface area contributed by atoms with E-state index < -0.39 is 0 Å². The van der Waals surface area contributed by atoms with Gasteiger partial charge in [-0.3, -0.25) is 4.79 Å². The quantitative estimate of drug-likeness (QED) is 0.561. The summed E-state index contributed by atoms with van der Waals surface area (Å²) in [5.74, 6) is 0.937. The Bertz CT molecular complexity index is 398. The second kappa shape index (κ2) is 6.58. The van der Waals surface area contributed by atoms with Crippen molar-refractivity contribution < 1.29 is 19.0 Å². The van der Waals surface area contributed by atoms with E-state index in [9.17, 15) is 4.79 Å². The van der Waals surface area contributed by atoms with Crippen molar-refractivity contribution in [1.82, 2.24) is 0 Å². The smallest absolute Gasteiger partial charge is 0.302 e. The van der Waals surface area contributed by atoms with E-state index in [1.165, 1.54) is 6.92 Å². The van der Waals surface area contributed by atoms with E-state index in [1.54, 1.807) is 25.3 Å². The van der Waals surface area contributed by atoms with Gasteiger partial charge in [0.15, 0.2) is 11.5 Å². The maximum absolute atomic E-state index is 10.7. The molecule has 0 aliphatic carbocycles. The first-order valence-electron chi connectivity index (χ1n) is 5.21. The van der Waals surface area contributed by atoms with E-state index in [0.717, 1.165) is 5.56 Å². The zero-order valence-electron chi connectivity index (χ0n) is 10.1. The van der Waals surface area contributed by atoms with Crippen molar-refractivity contribution >= 4 is 5.97 Å². The highest BCUT2D eigenvalue weighted by Gasteiger charge is 2.06. The lowest BCUT2D eigenvalue weighted by molar-refractivity contribution is -0.142. The van der Waals surface area contributed by atoms with E-state index in [1.807, 2.05) is 6.07 Å². The first-order valence-corrected chi connectivity index (χ1v) is 5.21. The lowest BCUT2D eigenvalue weighted by Gasteiger charge is -2.11. The molecule has 0 saturated carbocycles. The Labute approximate surface area is 101 Å². The van der Waals surface area contributed by atoms with Crippen LogP contribution in [-0.4, -0.2) is 19.7 Å². The Kier molecular flexibility index (Phi) is 5.07. The van der Waals surface area contributed by atoms with Crippen LogP contribution >= 0.6 is 0 Å². The molecule has 0 amide bonds. The summed E-state index contributed by atoms with van der Waals surface area (Å²) >= 11 is 0. The Balaban J connectivity index is 2.76. The van der Waals surface area contributed by atoms with Crippen molar-refractivity contribution in [3.05, 3.63) is 36.4 Å². The molecular formula is C13H16O4. The van der Waals surface area contributed by atoms with Crippen LogP contribution in [0.25, 0.3) is 0 Å². The maximum atomic E-state index is 10.7. The van der Waals surface area contributed by atoms with Crippen LogP contribution in [0.1, 0.15) is 12.5 Å². The van der Waals surface area contributed by atoms with Gasteiger partial charge < -0.3 is 14.2 Å². The zero-order chi connectivity index (χ0) is 12.7. The van der Waals surface area contributed by atoms with Crippen LogP contribution in [0.2, 0.25) is 0 Å². The van der Waals surface area contributed by atoms with E-state index in [-0.39, 0.29) is 12.6 Å². The van der Waals surface area contributed by atoms with E-state index in [2.05, 4.69) is 6.58 Å². The van der Waals surface area contributed by atoms with Gasteiger partial charge >= 0.3 is 5.97 Å². The summed E-state index contributed by atoms with van der Waals surface area (Å²) in [6.07, 6.45) is 1.66. The van der Waals surface area contributed by atoms with Gasteiger partial charge in [-0.15, -0.1) is 0 Å². The van der Waals surface area contributed by atoms with Crippen LogP contribution in [0.5, 0.6) is 11.5 Å². The minimum absolute atomic E-state index is 0.230.